The summed E-state index contributed by atoms with van der Waals surface area (Å²) in [5.41, 5.74) is -0.816. The second-order valence-electron chi connectivity index (χ2n) is 4.68. The van der Waals surface area contributed by atoms with Crippen LogP contribution >= 0.6 is 15.9 Å². The zero-order valence-corrected chi connectivity index (χ0v) is 12.9. The Balaban J connectivity index is 2.93. The second kappa shape index (κ2) is 5.46. The fourth-order valence-electron chi connectivity index (χ4n) is 1.11. The van der Waals surface area contributed by atoms with Gasteiger partial charge in [-0.1, -0.05) is 0 Å². The highest BCUT2D eigenvalue weighted by Gasteiger charge is 2.23. The molecule has 106 valence electrons. The van der Waals surface area contributed by atoms with Gasteiger partial charge < -0.3 is 4.74 Å². The van der Waals surface area contributed by atoms with Gasteiger partial charge in [0.05, 0.1) is 9.37 Å². The summed E-state index contributed by atoms with van der Waals surface area (Å²) in [5.74, 6) is -0.601. The molecule has 1 aromatic carbocycles. The standard InChI is InChI=1S/C11H13BrFNO4S/c1-11(2,3)18-10(15)14-19(16,17)7-4-5-9(13)8(12)6-7/h4-6H,1-3H3,(H,14,15). The molecular weight excluding hydrogens is 341 g/mol. The molecule has 0 radical (unpaired) electrons. The van der Waals surface area contributed by atoms with E-state index in [2.05, 4.69) is 15.9 Å². The number of nitrogens with one attached hydrogen (secondary N) is 1. The Labute approximate surface area is 119 Å². The van der Waals surface area contributed by atoms with Crippen molar-refractivity contribution >= 4 is 32.0 Å². The summed E-state index contributed by atoms with van der Waals surface area (Å²) >= 11 is 2.87. The molecule has 0 saturated heterocycles. The summed E-state index contributed by atoms with van der Waals surface area (Å²) in [7, 11) is -4.09. The SMILES string of the molecule is CC(C)(C)OC(=O)NS(=O)(=O)c1ccc(F)c(Br)c1. The van der Waals surface area contributed by atoms with E-state index in [9.17, 15) is 17.6 Å². The molecule has 0 aliphatic heterocycles. The molecule has 0 spiro atoms. The van der Waals surface area contributed by atoms with Gasteiger partial charge in [-0.3, -0.25) is 0 Å². The van der Waals surface area contributed by atoms with Crippen molar-refractivity contribution in [3.63, 3.8) is 0 Å². The molecule has 5 nitrogen and oxygen atoms in total. The number of hydrogen-bond acceptors (Lipinski definition) is 4. The molecule has 0 saturated carbocycles. The van der Waals surface area contributed by atoms with Crippen LogP contribution in [-0.4, -0.2) is 20.1 Å². The molecule has 1 rings (SSSR count). The molecule has 0 aromatic heterocycles. The third-order valence-electron chi connectivity index (χ3n) is 1.82. The first-order chi connectivity index (χ1) is 8.51. The third-order valence-corrected chi connectivity index (χ3v) is 3.74. The Bertz CT molecular complexity index is 595. The molecule has 0 aliphatic carbocycles. The number of ether oxygens (including phenoxy) is 1. The maximum Gasteiger partial charge on any atom is 0.421 e. The summed E-state index contributed by atoms with van der Waals surface area (Å²) in [6.45, 7) is 4.81. The quantitative estimate of drug-likeness (QED) is 0.887. The van der Waals surface area contributed by atoms with Crippen LogP contribution in [0.5, 0.6) is 0 Å². The van der Waals surface area contributed by atoms with Gasteiger partial charge in [0.1, 0.15) is 11.4 Å². The van der Waals surface area contributed by atoms with Crippen molar-refractivity contribution in [1.29, 1.82) is 0 Å². The Hall–Kier alpha value is -1.15. The molecule has 0 atom stereocenters. The van der Waals surface area contributed by atoms with Crippen LogP contribution in [0.4, 0.5) is 9.18 Å². The maximum atomic E-state index is 13.0. The highest BCUT2D eigenvalue weighted by molar-refractivity contribution is 9.10. The van der Waals surface area contributed by atoms with Crippen LogP contribution in [0.15, 0.2) is 27.6 Å². The normalized spacial score (nSPS) is 12.1. The fourth-order valence-corrected chi connectivity index (χ4v) is 2.54. The number of rotatable bonds is 2. The van der Waals surface area contributed by atoms with Crippen molar-refractivity contribution < 1.29 is 22.3 Å². The summed E-state index contributed by atoms with van der Waals surface area (Å²) in [5, 5.41) is 0. The van der Waals surface area contributed by atoms with Gasteiger partial charge in [-0.15, -0.1) is 0 Å². The van der Waals surface area contributed by atoms with E-state index >= 15 is 0 Å². The van der Waals surface area contributed by atoms with Crippen molar-refractivity contribution in [2.75, 3.05) is 0 Å². The summed E-state index contributed by atoms with van der Waals surface area (Å²) < 4.78 is 43.3. The molecule has 0 heterocycles. The van der Waals surface area contributed by atoms with Gasteiger partial charge >= 0.3 is 6.09 Å². The first-order valence-corrected chi connectivity index (χ1v) is 7.50. The third kappa shape index (κ3) is 4.79. The topological polar surface area (TPSA) is 72.5 Å². The van der Waals surface area contributed by atoms with Crippen LogP contribution in [0, 0.1) is 5.82 Å². The molecule has 1 N–H and O–H groups in total. The summed E-state index contributed by atoms with van der Waals surface area (Å²) in [6, 6.07) is 3.09. The average Bonchev–Trinajstić information content (AvgIpc) is 2.17. The number of amides is 1. The number of halogens is 2. The van der Waals surface area contributed by atoms with Crippen molar-refractivity contribution in [2.24, 2.45) is 0 Å². The Morgan fingerprint density at radius 2 is 1.95 bits per heavy atom. The van der Waals surface area contributed by atoms with E-state index in [0.717, 1.165) is 18.2 Å². The van der Waals surface area contributed by atoms with Gasteiger partial charge in [0.15, 0.2) is 0 Å². The van der Waals surface area contributed by atoms with Crippen LogP contribution in [-0.2, 0) is 14.8 Å². The number of hydrogen-bond donors (Lipinski definition) is 1. The number of benzene rings is 1. The zero-order chi connectivity index (χ0) is 14.8. The lowest BCUT2D eigenvalue weighted by atomic mass is 10.2. The predicted octanol–water partition coefficient (Wildman–Crippen LogP) is 2.80. The van der Waals surface area contributed by atoms with E-state index in [0.29, 0.717) is 0 Å². The van der Waals surface area contributed by atoms with E-state index in [1.807, 2.05) is 0 Å². The van der Waals surface area contributed by atoms with Gasteiger partial charge in [0, 0.05) is 0 Å². The first kappa shape index (κ1) is 15.9. The first-order valence-electron chi connectivity index (χ1n) is 5.22. The molecular formula is C11H13BrFNO4S. The molecule has 1 amide bonds. The molecule has 0 unspecified atom stereocenters. The largest absolute Gasteiger partial charge is 0.443 e. The molecule has 8 heteroatoms. The van der Waals surface area contributed by atoms with Crippen LogP contribution in [0.25, 0.3) is 0 Å². The Morgan fingerprint density at radius 1 is 1.37 bits per heavy atom. The minimum atomic E-state index is -4.09. The second-order valence-corrected chi connectivity index (χ2v) is 7.22. The van der Waals surface area contributed by atoms with Crippen LogP contribution in [0.1, 0.15) is 20.8 Å². The van der Waals surface area contributed by atoms with Crippen LogP contribution in [0.3, 0.4) is 0 Å². The van der Waals surface area contributed by atoms with Gasteiger partial charge in [0.2, 0.25) is 0 Å². The van der Waals surface area contributed by atoms with E-state index in [1.54, 1.807) is 25.5 Å². The minimum Gasteiger partial charge on any atom is -0.443 e. The van der Waals surface area contributed by atoms with Crippen molar-refractivity contribution in [3.8, 4) is 0 Å². The average molecular weight is 354 g/mol. The van der Waals surface area contributed by atoms with Crippen LogP contribution < -0.4 is 4.72 Å². The number of carbonyl (C=O) groups excluding carboxylic acids is 1. The summed E-state index contributed by atoms with van der Waals surface area (Å²) in [4.78, 5) is 11.2. The van der Waals surface area contributed by atoms with Gasteiger partial charge in [-0.25, -0.2) is 22.3 Å². The molecule has 1 aromatic rings. The molecule has 0 bridgehead atoms. The minimum absolute atomic E-state index is 0.0143. The number of sulfonamides is 1. The highest BCUT2D eigenvalue weighted by Crippen LogP contribution is 2.20. The van der Waals surface area contributed by atoms with Crippen molar-refractivity contribution in [1.82, 2.24) is 4.72 Å². The van der Waals surface area contributed by atoms with Crippen molar-refractivity contribution in [2.45, 2.75) is 31.3 Å². The van der Waals surface area contributed by atoms with E-state index < -0.39 is 27.5 Å². The molecule has 0 fully saturated rings. The highest BCUT2D eigenvalue weighted by atomic mass is 79.9. The smallest absolute Gasteiger partial charge is 0.421 e. The van der Waals surface area contributed by atoms with E-state index in [-0.39, 0.29) is 9.37 Å². The Kier molecular flexibility index (Phi) is 4.57. The zero-order valence-electron chi connectivity index (χ0n) is 10.5. The molecule has 0 aliphatic rings. The van der Waals surface area contributed by atoms with E-state index in [1.165, 1.54) is 0 Å². The van der Waals surface area contributed by atoms with E-state index in [4.69, 9.17) is 4.74 Å². The van der Waals surface area contributed by atoms with Crippen LogP contribution in [0.2, 0.25) is 0 Å². The maximum absolute atomic E-state index is 13.0. The van der Waals surface area contributed by atoms with Crippen molar-refractivity contribution in [3.05, 3.63) is 28.5 Å². The van der Waals surface area contributed by atoms with Gasteiger partial charge in [-0.2, -0.15) is 0 Å². The van der Waals surface area contributed by atoms with Gasteiger partial charge in [0.25, 0.3) is 10.0 Å². The Morgan fingerprint density at radius 3 is 2.42 bits per heavy atom. The predicted molar refractivity (Wildman–Crippen MR) is 70.7 cm³/mol. The summed E-state index contributed by atoms with van der Waals surface area (Å²) in [6.07, 6.45) is -1.09. The number of carbonyl (C=O) groups is 1. The lowest BCUT2D eigenvalue weighted by molar-refractivity contribution is 0.0570. The van der Waals surface area contributed by atoms with Gasteiger partial charge in [-0.05, 0) is 54.9 Å². The monoisotopic (exact) mass is 353 g/mol. The fraction of sp³-hybridized carbons (Fsp3) is 0.364. The lowest BCUT2D eigenvalue weighted by Crippen LogP contribution is -2.36. The molecule has 19 heavy (non-hydrogen) atoms. The lowest BCUT2D eigenvalue weighted by Gasteiger charge is -2.19.